The minimum Gasteiger partial charge on any atom is -0.384 e. The lowest BCUT2D eigenvalue weighted by Gasteiger charge is -2.25. The fourth-order valence-corrected chi connectivity index (χ4v) is 3.90. The van der Waals surface area contributed by atoms with E-state index in [4.69, 9.17) is 9.73 Å². The molecule has 1 aromatic rings. The van der Waals surface area contributed by atoms with Crippen molar-refractivity contribution in [3.63, 3.8) is 0 Å². The molecule has 2 unspecified atom stereocenters. The molecule has 0 aliphatic carbocycles. The normalized spacial score (nSPS) is 19.5. The van der Waals surface area contributed by atoms with Crippen LogP contribution < -0.4 is 5.32 Å². The van der Waals surface area contributed by atoms with E-state index in [-0.39, 0.29) is 24.0 Å². The van der Waals surface area contributed by atoms with E-state index in [1.807, 2.05) is 0 Å². The van der Waals surface area contributed by atoms with E-state index in [9.17, 15) is 0 Å². The number of hydrogen-bond donors (Lipinski definition) is 1. The molecule has 0 amide bonds. The lowest BCUT2D eigenvalue weighted by Crippen LogP contribution is -2.40. The average Bonchev–Trinajstić information content (AvgIpc) is 3.18. The molecule has 24 heavy (non-hydrogen) atoms. The van der Waals surface area contributed by atoms with E-state index in [0.717, 1.165) is 38.7 Å². The van der Waals surface area contributed by atoms with E-state index in [2.05, 4.69) is 53.6 Å². The topological polar surface area (TPSA) is 40.1 Å². The predicted molar refractivity (Wildman–Crippen MR) is 114 cm³/mol. The second kappa shape index (κ2) is 11.3. The largest absolute Gasteiger partial charge is 0.384 e. The average molecular weight is 466 g/mol. The van der Waals surface area contributed by atoms with Crippen molar-refractivity contribution in [2.45, 2.75) is 19.4 Å². The molecule has 1 aromatic heterocycles. The summed E-state index contributed by atoms with van der Waals surface area (Å²) in [6.45, 7) is 6.74. The second-order valence-electron chi connectivity index (χ2n) is 6.25. The van der Waals surface area contributed by atoms with Crippen LogP contribution in [0.5, 0.6) is 0 Å². The summed E-state index contributed by atoms with van der Waals surface area (Å²) in [7, 11) is 6.03. The van der Waals surface area contributed by atoms with E-state index in [0.29, 0.717) is 12.0 Å². The summed E-state index contributed by atoms with van der Waals surface area (Å²) >= 11 is 1.80. The Morgan fingerprint density at radius 3 is 2.92 bits per heavy atom. The fraction of sp³-hybridized carbons (Fsp3) is 0.706. The Hall–Kier alpha value is -0.380. The number of nitrogens with one attached hydrogen (secondary N) is 1. The Morgan fingerprint density at radius 1 is 1.54 bits per heavy atom. The SMILES string of the molecule is CCNC(=NCC(c1cccs1)N(C)C)N1CCC(COC)C1.I. The number of likely N-dealkylation sites (N-methyl/N-ethyl adjacent to an activating group) is 1. The molecule has 1 N–H and O–H groups in total. The highest BCUT2D eigenvalue weighted by molar-refractivity contribution is 14.0. The van der Waals surface area contributed by atoms with Crippen LogP contribution in [0, 0.1) is 5.92 Å². The Bertz CT molecular complexity index is 481. The van der Waals surface area contributed by atoms with Crippen LogP contribution in [0.3, 0.4) is 0 Å². The zero-order chi connectivity index (χ0) is 16.7. The first-order valence-electron chi connectivity index (χ1n) is 8.37. The van der Waals surface area contributed by atoms with Gasteiger partial charge >= 0.3 is 0 Å². The molecular formula is C17H31IN4OS. The van der Waals surface area contributed by atoms with Gasteiger partial charge in [0.25, 0.3) is 0 Å². The van der Waals surface area contributed by atoms with Crippen LogP contribution in [0.15, 0.2) is 22.5 Å². The summed E-state index contributed by atoms with van der Waals surface area (Å²) in [4.78, 5) is 10.9. The van der Waals surface area contributed by atoms with Crippen molar-refractivity contribution in [1.82, 2.24) is 15.1 Å². The van der Waals surface area contributed by atoms with Crippen molar-refractivity contribution in [3.8, 4) is 0 Å². The standard InChI is InChI=1S/C17H30N4OS.HI/c1-5-18-17(21-9-8-14(12-21)13-22-4)19-11-15(20(2)3)16-7-6-10-23-16;/h6-7,10,14-15H,5,8-9,11-13H2,1-4H3,(H,18,19);1H. The van der Waals surface area contributed by atoms with Gasteiger partial charge in [-0.2, -0.15) is 0 Å². The predicted octanol–water partition coefficient (Wildman–Crippen LogP) is 2.90. The molecule has 5 nitrogen and oxygen atoms in total. The van der Waals surface area contributed by atoms with E-state index < -0.39 is 0 Å². The van der Waals surface area contributed by atoms with Crippen molar-refractivity contribution in [1.29, 1.82) is 0 Å². The second-order valence-corrected chi connectivity index (χ2v) is 7.22. The number of halogens is 1. The van der Waals surface area contributed by atoms with Crippen molar-refractivity contribution in [2.24, 2.45) is 10.9 Å². The zero-order valence-electron chi connectivity index (χ0n) is 15.2. The summed E-state index contributed by atoms with van der Waals surface area (Å²) in [5.74, 6) is 1.65. The van der Waals surface area contributed by atoms with Crippen molar-refractivity contribution >= 4 is 41.3 Å². The molecule has 0 radical (unpaired) electrons. The first kappa shape index (κ1) is 21.7. The van der Waals surface area contributed by atoms with Crippen LogP contribution in [0.25, 0.3) is 0 Å². The van der Waals surface area contributed by atoms with Crippen molar-refractivity contribution in [3.05, 3.63) is 22.4 Å². The number of aliphatic imine (C=N–C) groups is 1. The minimum absolute atomic E-state index is 0. The molecule has 1 fully saturated rings. The molecule has 1 aliphatic heterocycles. The maximum absolute atomic E-state index is 5.30. The molecule has 1 aliphatic rings. The molecule has 0 aromatic carbocycles. The fourth-order valence-electron chi connectivity index (χ4n) is 2.98. The molecular weight excluding hydrogens is 435 g/mol. The number of guanidine groups is 1. The monoisotopic (exact) mass is 466 g/mol. The molecule has 1 saturated heterocycles. The van der Waals surface area contributed by atoms with Gasteiger partial charge in [-0.25, -0.2) is 0 Å². The van der Waals surface area contributed by atoms with Crippen LogP contribution in [-0.4, -0.2) is 69.8 Å². The third kappa shape index (κ3) is 6.16. The summed E-state index contributed by atoms with van der Waals surface area (Å²) in [5, 5.41) is 5.58. The molecule has 2 atom stereocenters. The maximum atomic E-state index is 5.30. The van der Waals surface area contributed by atoms with Crippen LogP contribution in [0.1, 0.15) is 24.3 Å². The van der Waals surface area contributed by atoms with Gasteiger partial charge in [-0.3, -0.25) is 4.99 Å². The number of rotatable bonds is 7. The molecule has 2 rings (SSSR count). The van der Waals surface area contributed by atoms with E-state index in [1.54, 1.807) is 18.4 Å². The smallest absolute Gasteiger partial charge is 0.193 e. The molecule has 138 valence electrons. The van der Waals surface area contributed by atoms with Crippen LogP contribution >= 0.6 is 35.3 Å². The van der Waals surface area contributed by atoms with Gasteiger partial charge < -0.3 is 19.9 Å². The van der Waals surface area contributed by atoms with Crippen LogP contribution in [0.2, 0.25) is 0 Å². The van der Waals surface area contributed by atoms with Crippen molar-refractivity contribution < 1.29 is 4.74 Å². The van der Waals surface area contributed by atoms with Crippen LogP contribution in [0.4, 0.5) is 0 Å². The molecule has 2 heterocycles. The molecule has 0 bridgehead atoms. The van der Waals surface area contributed by atoms with Gasteiger partial charge in [-0.15, -0.1) is 35.3 Å². The number of likely N-dealkylation sites (tertiary alicyclic amines) is 1. The van der Waals surface area contributed by atoms with Gasteiger partial charge in [0.05, 0.1) is 19.2 Å². The number of ether oxygens (including phenoxy) is 1. The minimum atomic E-state index is 0. The molecule has 0 spiro atoms. The van der Waals surface area contributed by atoms with Crippen LogP contribution in [-0.2, 0) is 4.74 Å². The maximum Gasteiger partial charge on any atom is 0.193 e. The van der Waals surface area contributed by atoms with Crippen molar-refractivity contribution in [2.75, 3.05) is 54.0 Å². The Morgan fingerprint density at radius 2 is 2.33 bits per heavy atom. The number of thiophene rings is 1. The van der Waals surface area contributed by atoms with Gasteiger partial charge in [0, 0.05) is 37.5 Å². The van der Waals surface area contributed by atoms with Gasteiger partial charge in [0.1, 0.15) is 0 Å². The first-order chi connectivity index (χ1) is 11.2. The molecule has 0 saturated carbocycles. The Kier molecular flexibility index (Phi) is 10.2. The number of hydrogen-bond acceptors (Lipinski definition) is 4. The van der Waals surface area contributed by atoms with Gasteiger partial charge in [-0.1, -0.05) is 6.07 Å². The third-order valence-electron chi connectivity index (χ3n) is 4.23. The zero-order valence-corrected chi connectivity index (χ0v) is 18.3. The quantitative estimate of drug-likeness (QED) is 0.381. The highest BCUT2D eigenvalue weighted by atomic mass is 127. The number of nitrogens with zero attached hydrogens (tertiary/aromatic N) is 3. The third-order valence-corrected chi connectivity index (χ3v) is 5.21. The molecule has 7 heteroatoms. The highest BCUT2D eigenvalue weighted by Gasteiger charge is 2.25. The summed E-state index contributed by atoms with van der Waals surface area (Å²) < 4.78 is 5.30. The summed E-state index contributed by atoms with van der Waals surface area (Å²) in [6.07, 6.45) is 1.18. The number of methoxy groups -OCH3 is 1. The Labute approximate surface area is 167 Å². The Balaban J connectivity index is 0.00000288. The summed E-state index contributed by atoms with van der Waals surface area (Å²) in [6, 6.07) is 4.64. The van der Waals surface area contributed by atoms with Gasteiger partial charge in [0.2, 0.25) is 0 Å². The lowest BCUT2D eigenvalue weighted by molar-refractivity contribution is 0.157. The first-order valence-corrected chi connectivity index (χ1v) is 9.25. The van der Waals surface area contributed by atoms with E-state index in [1.165, 1.54) is 11.3 Å². The summed E-state index contributed by atoms with van der Waals surface area (Å²) in [5.41, 5.74) is 0. The lowest BCUT2D eigenvalue weighted by atomic mass is 10.1. The van der Waals surface area contributed by atoms with E-state index >= 15 is 0 Å². The van der Waals surface area contributed by atoms with Gasteiger partial charge in [-0.05, 0) is 38.9 Å². The van der Waals surface area contributed by atoms with Gasteiger partial charge in [0.15, 0.2) is 5.96 Å². The highest BCUT2D eigenvalue weighted by Crippen LogP contribution is 2.24.